The number of nitrogens with zero attached hydrogens (tertiary/aromatic N) is 1. The van der Waals surface area contributed by atoms with E-state index in [9.17, 15) is 14.7 Å². The predicted octanol–water partition coefficient (Wildman–Crippen LogP) is 3.68. The van der Waals surface area contributed by atoms with Crippen molar-refractivity contribution < 1.29 is 24.2 Å². The van der Waals surface area contributed by atoms with Gasteiger partial charge in [0.05, 0.1) is 31.9 Å². The SMILES string of the molecule is CCCN1C(=O)[C@](O)(CC(=O)c2ccc(OC)cc2OC)c2cc(Br)ccc21. The van der Waals surface area contributed by atoms with Gasteiger partial charge in [-0.05, 0) is 36.8 Å². The van der Waals surface area contributed by atoms with E-state index in [0.29, 0.717) is 29.3 Å². The average Bonchev–Trinajstić information content (AvgIpc) is 2.89. The summed E-state index contributed by atoms with van der Waals surface area (Å²) < 4.78 is 11.2. The molecule has 1 aliphatic heterocycles. The minimum absolute atomic E-state index is 0.287. The Hall–Kier alpha value is -2.38. The number of anilines is 1. The number of aliphatic hydroxyl groups is 1. The maximum absolute atomic E-state index is 13.1. The lowest BCUT2D eigenvalue weighted by molar-refractivity contribution is -0.135. The molecule has 1 N–H and O–H groups in total. The van der Waals surface area contributed by atoms with Crippen LogP contribution in [0.4, 0.5) is 5.69 Å². The van der Waals surface area contributed by atoms with E-state index in [2.05, 4.69) is 15.9 Å². The first kappa shape index (κ1) is 20.4. The minimum atomic E-state index is -1.92. The van der Waals surface area contributed by atoms with Gasteiger partial charge >= 0.3 is 0 Å². The van der Waals surface area contributed by atoms with Crippen LogP contribution in [0.2, 0.25) is 0 Å². The number of methoxy groups -OCH3 is 2. The number of Topliss-reactive ketones (excluding diaryl/α,β-unsaturated/α-hetero) is 1. The number of ether oxygens (including phenoxy) is 2. The molecule has 0 saturated heterocycles. The molecule has 1 aliphatic rings. The normalized spacial score (nSPS) is 18.2. The Bertz CT molecular complexity index is 929. The molecule has 6 nitrogen and oxygen atoms in total. The van der Waals surface area contributed by atoms with Crippen molar-refractivity contribution in [2.75, 3.05) is 25.7 Å². The molecule has 0 aromatic heterocycles. The first-order valence-corrected chi connectivity index (χ1v) is 9.74. The lowest BCUT2D eigenvalue weighted by atomic mass is 9.88. The molecule has 28 heavy (non-hydrogen) atoms. The maximum atomic E-state index is 13.1. The zero-order valence-electron chi connectivity index (χ0n) is 16.0. The smallest absolute Gasteiger partial charge is 0.264 e. The zero-order valence-corrected chi connectivity index (χ0v) is 17.6. The van der Waals surface area contributed by atoms with Crippen molar-refractivity contribution in [2.24, 2.45) is 0 Å². The number of ketones is 1. The van der Waals surface area contributed by atoms with Crippen LogP contribution in [0.1, 0.15) is 35.7 Å². The molecule has 1 atom stereocenters. The fraction of sp³-hybridized carbons (Fsp3) is 0.333. The standard InChI is InChI=1S/C21H22BrNO5/c1-4-9-23-17-8-5-13(22)10-16(17)21(26,20(23)25)12-18(24)15-7-6-14(27-2)11-19(15)28-3/h5-8,10-11,26H,4,9,12H2,1-3H3/t21-/m0/s1. The van der Waals surface area contributed by atoms with Crippen LogP contribution in [0.25, 0.3) is 0 Å². The monoisotopic (exact) mass is 447 g/mol. The van der Waals surface area contributed by atoms with Gasteiger partial charge in [-0.3, -0.25) is 9.59 Å². The Morgan fingerprint density at radius 3 is 2.57 bits per heavy atom. The van der Waals surface area contributed by atoms with Crippen molar-refractivity contribution in [2.45, 2.75) is 25.4 Å². The number of carbonyl (C=O) groups is 2. The molecule has 0 bridgehead atoms. The van der Waals surface area contributed by atoms with E-state index in [0.717, 1.165) is 10.9 Å². The summed E-state index contributed by atoms with van der Waals surface area (Å²) in [4.78, 5) is 27.6. The number of amides is 1. The van der Waals surface area contributed by atoms with Crippen molar-refractivity contribution in [3.05, 3.63) is 52.0 Å². The van der Waals surface area contributed by atoms with E-state index < -0.39 is 11.5 Å². The van der Waals surface area contributed by atoms with Crippen LogP contribution in [-0.2, 0) is 10.4 Å². The molecule has 0 fully saturated rings. The van der Waals surface area contributed by atoms with E-state index in [1.54, 1.807) is 35.2 Å². The lowest BCUT2D eigenvalue weighted by Gasteiger charge is -2.23. The molecule has 0 radical (unpaired) electrons. The van der Waals surface area contributed by atoms with E-state index in [1.807, 2.05) is 13.0 Å². The van der Waals surface area contributed by atoms with Crippen LogP contribution in [0, 0.1) is 0 Å². The molecule has 0 saturated carbocycles. The average molecular weight is 448 g/mol. The summed E-state index contributed by atoms with van der Waals surface area (Å²) in [6, 6.07) is 10.1. The van der Waals surface area contributed by atoms with Gasteiger partial charge in [0.1, 0.15) is 11.5 Å². The highest BCUT2D eigenvalue weighted by Gasteiger charge is 2.51. The second kappa shape index (κ2) is 7.93. The Morgan fingerprint density at radius 2 is 1.93 bits per heavy atom. The van der Waals surface area contributed by atoms with E-state index >= 15 is 0 Å². The molecule has 1 amide bonds. The second-order valence-corrected chi connectivity index (χ2v) is 7.56. The number of hydrogen-bond donors (Lipinski definition) is 1. The molecule has 7 heteroatoms. The van der Waals surface area contributed by atoms with Gasteiger partial charge in [0.2, 0.25) is 0 Å². The summed E-state index contributed by atoms with van der Waals surface area (Å²) in [6.45, 7) is 2.42. The molecule has 2 aromatic carbocycles. The molecular weight excluding hydrogens is 426 g/mol. The fourth-order valence-electron chi connectivity index (χ4n) is 3.50. The quantitative estimate of drug-likeness (QED) is 0.655. The van der Waals surface area contributed by atoms with E-state index in [-0.39, 0.29) is 17.8 Å². The number of halogens is 1. The lowest BCUT2D eigenvalue weighted by Crippen LogP contribution is -2.42. The van der Waals surface area contributed by atoms with Gasteiger partial charge in [-0.15, -0.1) is 0 Å². The summed E-state index contributed by atoms with van der Waals surface area (Å²) >= 11 is 3.39. The maximum Gasteiger partial charge on any atom is 0.264 e. The number of rotatable bonds is 7. The highest BCUT2D eigenvalue weighted by atomic mass is 79.9. The molecule has 1 heterocycles. The van der Waals surface area contributed by atoms with Gasteiger partial charge in [0.15, 0.2) is 11.4 Å². The van der Waals surface area contributed by atoms with Crippen LogP contribution in [0.15, 0.2) is 40.9 Å². The first-order chi connectivity index (χ1) is 13.3. The van der Waals surface area contributed by atoms with E-state index in [4.69, 9.17) is 9.47 Å². The molecule has 0 spiro atoms. The number of fused-ring (bicyclic) bond motifs is 1. The van der Waals surface area contributed by atoms with Crippen LogP contribution >= 0.6 is 15.9 Å². The molecular formula is C21H22BrNO5. The molecule has 148 valence electrons. The summed E-state index contributed by atoms with van der Waals surface area (Å²) in [7, 11) is 2.98. The van der Waals surface area contributed by atoms with Gasteiger partial charge in [-0.2, -0.15) is 0 Å². The molecule has 3 rings (SSSR count). The Kier molecular flexibility index (Phi) is 5.76. The summed E-state index contributed by atoms with van der Waals surface area (Å²) in [5.41, 5.74) is -0.570. The van der Waals surface area contributed by atoms with Gasteiger partial charge < -0.3 is 19.5 Å². The number of benzene rings is 2. The largest absolute Gasteiger partial charge is 0.497 e. The zero-order chi connectivity index (χ0) is 20.5. The second-order valence-electron chi connectivity index (χ2n) is 6.64. The molecule has 0 unspecified atom stereocenters. The Balaban J connectivity index is 2.00. The minimum Gasteiger partial charge on any atom is -0.497 e. The van der Waals surface area contributed by atoms with E-state index in [1.165, 1.54) is 14.2 Å². The van der Waals surface area contributed by atoms with Crippen LogP contribution in [0.5, 0.6) is 11.5 Å². The predicted molar refractivity (Wildman–Crippen MR) is 109 cm³/mol. The fourth-order valence-corrected chi connectivity index (χ4v) is 3.86. The summed E-state index contributed by atoms with van der Waals surface area (Å²) in [5, 5.41) is 11.3. The molecule has 0 aliphatic carbocycles. The summed E-state index contributed by atoms with van der Waals surface area (Å²) in [6.07, 6.45) is 0.357. The van der Waals surface area contributed by atoms with Crippen LogP contribution < -0.4 is 14.4 Å². The van der Waals surface area contributed by atoms with Crippen molar-refractivity contribution in [1.29, 1.82) is 0 Å². The third kappa shape index (κ3) is 3.40. The first-order valence-electron chi connectivity index (χ1n) is 8.95. The van der Waals surface area contributed by atoms with Crippen LogP contribution in [-0.4, -0.2) is 37.6 Å². The van der Waals surface area contributed by atoms with Crippen molar-refractivity contribution in [3.63, 3.8) is 0 Å². The highest BCUT2D eigenvalue weighted by molar-refractivity contribution is 9.10. The number of carbonyl (C=O) groups excluding carboxylic acids is 2. The topological polar surface area (TPSA) is 76.1 Å². The van der Waals surface area contributed by atoms with Crippen molar-refractivity contribution in [1.82, 2.24) is 0 Å². The number of hydrogen-bond acceptors (Lipinski definition) is 5. The third-order valence-electron chi connectivity index (χ3n) is 4.87. The Labute approximate surface area is 172 Å². The van der Waals surface area contributed by atoms with Gasteiger partial charge in [-0.1, -0.05) is 22.9 Å². The summed E-state index contributed by atoms with van der Waals surface area (Å²) in [5.74, 6) is 0.00799. The van der Waals surface area contributed by atoms with Crippen molar-refractivity contribution in [3.8, 4) is 11.5 Å². The van der Waals surface area contributed by atoms with Crippen molar-refractivity contribution >= 4 is 33.3 Å². The Morgan fingerprint density at radius 1 is 1.18 bits per heavy atom. The molecule has 2 aromatic rings. The van der Waals surface area contributed by atoms with Crippen LogP contribution in [0.3, 0.4) is 0 Å². The third-order valence-corrected chi connectivity index (χ3v) is 5.36. The van der Waals surface area contributed by atoms with Gasteiger partial charge in [0.25, 0.3) is 5.91 Å². The van der Waals surface area contributed by atoms with Gasteiger partial charge in [0, 0.05) is 22.6 Å². The highest BCUT2D eigenvalue weighted by Crippen LogP contribution is 2.44. The van der Waals surface area contributed by atoms with Gasteiger partial charge in [-0.25, -0.2) is 0 Å².